The van der Waals surface area contributed by atoms with Crippen LogP contribution in [0.15, 0.2) is 79.0 Å². The maximum absolute atomic E-state index is 11.0. The average Bonchev–Trinajstić information content (AvgIpc) is 2.70. The van der Waals surface area contributed by atoms with E-state index >= 15 is 0 Å². The smallest absolute Gasteiger partial charge is 0.151 e. The molecule has 26 heavy (non-hydrogen) atoms. The van der Waals surface area contributed by atoms with Gasteiger partial charge in [-0.25, -0.2) is 0 Å². The maximum atomic E-state index is 11.0. The molecule has 1 aromatic heterocycles. The summed E-state index contributed by atoms with van der Waals surface area (Å²) < 4.78 is 0. The molecule has 126 valence electrons. The number of hydrogen-bond acceptors (Lipinski definition) is 3. The molecule has 0 aliphatic carbocycles. The second-order valence-electron chi connectivity index (χ2n) is 6.23. The predicted octanol–water partition coefficient (Wildman–Crippen LogP) is 5.77. The number of anilines is 2. The lowest BCUT2D eigenvalue weighted by Crippen LogP contribution is -1.97. The van der Waals surface area contributed by atoms with Gasteiger partial charge in [0.2, 0.25) is 0 Å². The largest absolute Gasteiger partial charge is 0.354 e. The van der Waals surface area contributed by atoms with Gasteiger partial charge in [-0.05, 0) is 41.8 Å². The van der Waals surface area contributed by atoms with Crippen molar-refractivity contribution in [3.05, 3.63) is 90.1 Å². The van der Waals surface area contributed by atoms with Crippen LogP contribution in [0, 0.1) is 6.92 Å². The van der Waals surface area contributed by atoms with E-state index in [1.807, 2.05) is 42.5 Å². The van der Waals surface area contributed by atoms with Crippen LogP contribution in [0.4, 0.5) is 11.4 Å². The van der Waals surface area contributed by atoms with E-state index in [0.29, 0.717) is 5.56 Å². The third-order valence-electron chi connectivity index (χ3n) is 4.56. The molecule has 3 heteroatoms. The van der Waals surface area contributed by atoms with Gasteiger partial charge in [-0.1, -0.05) is 54.6 Å². The SMILES string of the molecule is Cc1c(Nc2cccc3cc(C=O)cnc23)cccc1-c1ccccc1. The van der Waals surface area contributed by atoms with Crippen molar-refractivity contribution in [1.29, 1.82) is 0 Å². The number of rotatable bonds is 4. The number of aromatic nitrogens is 1. The number of fused-ring (bicyclic) bond motifs is 1. The molecule has 0 atom stereocenters. The highest BCUT2D eigenvalue weighted by atomic mass is 16.1. The fraction of sp³-hybridized carbons (Fsp3) is 0.0435. The zero-order valence-electron chi connectivity index (χ0n) is 14.4. The van der Waals surface area contributed by atoms with Gasteiger partial charge in [-0.2, -0.15) is 0 Å². The van der Waals surface area contributed by atoms with Gasteiger partial charge >= 0.3 is 0 Å². The van der Waals surface area contributed by atoms with E-state index in [4.69, 9.17) is 0 Å². The second kappa shape index (κ2) is 6.81. The minimum Gasteiger partial charge on any atom is -0.354 e. The van der Waals surface area contributed by atoms with Crippen LogP contribution in [-0.2, 0) is 0 Å². The van der Waals surface area contributed by atoms with Gasteiger partial charge in [-0.3, -0.25) is 9.78 Å². The van der Waals surface area contributed by atoms with Crippen LogP contribution < -0.4 is 5.32 Å². The van der Waals surface area contributed by atoms with Crippen LogP contribution in [0.3, 0.4) is 0 Å². The molecule has 0 radical (unpaired) electrons. The molecule has 4 rings (SSSR count). The molecule has 0 amide bonds. The molecule has 0 bridgehead atoms. The first-order chi connectivity index (χ1) is 12.8. The van der Waals surface area contributed by atoms with E-state index < -0.39 is 0 Å². The van der Waals surface area contributed by atoms with Gasteiger partial charge in [0.15, 0.2) is 6.29 Å². The van der Waals surface area contributed by atoms with E-state index in [-0.39, 0.29) is 0 Å². The molecule has 0 unspecified atom stereocenters. The predicted molar refractivity (Wildman–Crippen MR) is 107 cm³/mol. The number of carbonyl (C=O) groups is 1. The number of hydrogen-bond donors (Lipinski definition) is 1. The third kappa shape index (κ3) is 2.95. The summed E-state index contributed by atoms with van der Waals surface area (Å²) in [6.45, 7) is 2.12. The number of nitrogens with zero attached hydrogens (tertiary/aromatic N) is 1. The molecule has 0 spiro atoms. The molecule has 0 aliphatic rings. The number of pyridine rings is 1. The van der Waals surface area contributed by atoms with Crippen LogP contribution >= 0.6 is 0 Å². The van der Waals surface area contributed by atoms with E-state index in [1.165, 1.54) is 16.7 Å². The van der Waals surface area contributed by atoms with Gasteiger partial charge < -0.3 is 5.32 Å². The third-order valence-corrected chi connectivity index (χ3v) is 4.56. The topological polar surface area (TPSA) is 42.0 Å². The summed E-state index contributed by atoms with van der Waals surface area (Å²) in [5.41, 5.74) is 6.97. The summed E-state index contributed by atoms with van der Waals surface area (Å²) in [5.74, 6) is 0. The molecule has 1 heterocycles. The first-order valence-corrected chi connectivity index (χ1v) is 8.52. The van der Waals surface area contributed by atoms with Crippen molar-refractivity contribution in [2.75, 3.05) is 5.32 Å². The molecule has 3 nitrogen and oxygen atoms in total. The Morgan fingerprint density at radius 1 is 0.885 bits per heavy atom. The zero-order chi connectivity index (χ0) is 17.9. The van der Waals surface area contributed by atoms with E-state index in [1.54, 1.807) is 6.20 Å². The van der Waals surface area contributed by atoms with Crippen molar-refractivity contribution >= 4 is 28.6 Å². The molecular weight excluding hydrogens is 320 g/mol. The molecule has 0 saturated carbocycles. The number of para-hydroxylation sites is 1. The van der Waals surface area contributed by atoms with Gasteiger partial charge in [-0.15, -0.1) is 0 Å². The molecule has 0 aliphatic heterocycles. The summed E-state index contributed by atoms with van der Waals surface area (Å²) >= 11 is 0. The lowest BCUT2D eigenvalue weighted by Gasteiger charge is -2.15. The first kappa shape index (κ1) is 16.0. The lowest BCUT2D eigenvalue weighted by molar-refractivity contribution is 0.112. The van der Waals surface area contributed by atoms with Crippen LogP contribution in [0.5, 0.6) is 0 Å². The Morgan fingerprint density at radius 3 is 2.46 bits per heavy atom. The number of carbonyl (C=O) groups excluding carboxylic acids is 1. The number of aldehydes is 1. The van der Waals surface area contributed by atoms with Crippen LogP contribution in [0.1, 0.15) is 15.9 Å². The van der Waals surface area contributed by atoms with Crippen LogP contribution in [0.2, 0.25) is 0 Å². The molecule has 0 saturated heterocycles. The Balaban J connectivity index is 1.77. The number of benzene rings is 3. The lowest BCUT2D eigenvalue weighted by atomic mass is 9.99. The standard InChI is InChI=1S/C23H18N2O/c1-16-20(18-7-3-2-4-8-18)10-6-11-21(16)25-22-12-5-9-19-13-17(15-26)14-24-23(19)22/h2-15,25H,1H3. The highest BCUT2D eigenvalue weighted by Gasteiger charge is 2.09. The van der Waals surface area contributed by atoms with Gasteiger partial charge in [0.05, 0.1) is 11.2 Å². The summed E-state index contributed by atoms with van der Waals surface area (Å²) in [4.78, 5) is 15.5. The van der Waals surface area contributed by atoms with Crippen molar-refractivity contribution in [1.82, 2.24) is 4.98 Å². The van der Waals surface area contributed by atoms with Gasteiger partial charge in [0.1, 0.15) is 0 Å². The monoisotopic (exact) mass is 338 g/mol. The van der Waals surface area contributed by atoms with Crippen LogP contribution in [-0.4, -0.2) is 11.3 Å². The molecule has 4 aromatic rings. The van der Waals surface area contributed by atoms with Crippen LogP contribution in [0.25, 0.3) is 22.0 Å². The molecule has 0 fully saturated rings. The fourth-order valence-corrected chi connectivity index (χ4v) is 3.19. The maximum Gasteiger partial charge on any atom is 0.151 e. The van der Waals surface area contributed by atoms with Crippen molar-refractivity contribution < 1.29 is 4.79 Å². The average molecular weight is 338 g/mol. The summed E-state index contributed by atoms with van der Waals surface area (Å²) in [6, 6.07) is 24.4. The molecule has 1 N–H and O–H groups in total. The summed E-state index contributed by atoms with van der Waals surface area (Å²) in [5, 5.41) is 4.45. The van der Waals surface area contributed by atoms with Gasteiger partial charge in [0, 0.05) is 22.8 Å². The highest BCUT2D eigenvalue weighted by molar-refractivity contribution is 5.95. The van der Waals surface area contributed by atoms with Crippen molar-refractivity contribution in [3.63, 3.8) is 0 Å². The first-order valence-electron chi connectivity index (χ1n) is 8.52. The van der Waals surface area contributed by atoms with E-state index in [0.717, 1.165) is 28.6 Å². The van der Waals surface area contributed by atoms with Gasteiger partial charge in [0.25, 0.3) is 0 Å². The highest BCUT2D eigenvalue weighted by Crippen LogP contribution is 2.32. The second-order valence-corrected chi connectivity index (χ2v) is 6.23. The molecular formula is C23H18N2O. The minimum atomic E-state index is 0.580. The zero-order valence-corrected chi connectivity index (χ0v) is 14.4. The minimum absolute atomic E-state index is 0.580. The summed E-state index contributed by atoms with van der Waals surface area (Å²) in [7, 11) is 0. The van der Waals surface area contributed by atoms with Crippen molar-refractivity contribution in [3.8, 4) is 11.1 Å². The Labute approximate surface area is 152 Å². The summed E-state index contributed by atoms with van der Waals surface area (Å²) in [6.07, 6.45) is 2.42. The van der Waals surface area contributed by atoms with Crippen molar-refractivity contribution in [2.24, 2.45) is 0 Å². The van der Waals surface area contributed by atoms with Crippen molar-refractivity contribution in [2.45, 2.75) is 6.92 Å². The Morgan fingerprint density at radius 2 is 1.65 bits per heavy atom. The normalized spacial score (nSPS) is 10.7. The Kier molecular flexibility index (Phi) is 4.20. The van der Waals surface area contributed by atoms with E-state index in [9.17, 15) is 4.79 Å². The quantitative estimate of drug-likeness (QED) is 0.481. The fourth-order valence-electron chi connectivity index (χ4n) is 3.19. The Bertz CT molecular complexity index is 1090. The Hall–Kier alpha value is -3.46. The molecule has 3 aromatic carbocycles. The van der Waals surface area contributed by atoms with E-state index in [2.05, 4.69) is 47.6 Å². The number of nitrogens with one attached hydrogen (secondary N) is 1.